The lowest BCUT2D eigenvalue weighted by Crippen LogP contribution is -1.93. The van der Waals surface area contributed by atoms with Crippen LogP contribution in [0.5, 0.6) is 0 Å². The van der Waals surface area contributed by atoms with Crippen molar-refractivity contribution >= 4 is 27.4 Å². The minimum Gasteiger partial charge on any atom is -0.385 e. The van der Waals surface area contributed by atoms with Crippen LogP contribution in [0, 0.1) is 0 Å². The van der Waals surface area contributed by atoms with Crippen molar-refractivity contribution in [3.63, 3.8) is 0 Å². The Bertz CT molecular complexity index is 688. The van der Waals surface area contributed by atoms with Crippen molar-refractivity contribution in [3.8, 4) is 11.3 Å². The minimum absolute atomic E-state index is 0.688. The summed E-state index contributed by atoms with van der Waals surface area (Å²) in [5, 5.41) is 0. The number of aromatic nitrogens is 2. The molecule has 3 nitrogen and oxygen atoms in total. The Balaban J connectivity index is 2.26. The lowest BCUT2D eigenvalue weighted by molar-refractivity contribution is 1.20. The van der Waals surface area contributed by atoms with Gasteiger partial charge in [0, 0.05) is 16.2 Å². The summed E-state index contributed by atoms with van der Waals surface area (Å²) in [4.78, 5) is 4.56. The van der Waals surface area contributed by atoms with Gasteiger partial charge in [-0.2, -0.15) is 0 Å². The quantitative estimate of drug-likeness (QED) is 0.746. The summed E-state index contributed by atoms with van der Waals surface area (Å²) in [6.45, 7) is 0. The van der Waals surface area contributed by atoms with E-state index < -0.39 is 0 Å². The topological polar surface area (TPSA) is 43.3 Å². The molecule has 3 aromatic rings. The van der Waals surface area contributed by atoms with Crippen molar-refractivity contribution in [1.82, 2.24) is 9.38 Å². The number of anilines is 1. The molecule has 0 aliphatic carbocycles. The van der Waals surface area contributed by atoms with Gasteiger partial charge in [0.1, 0.15) is 11.5 Å². The van der Waals surface area contributed by atoms with Gasteiger partial charge in [0.25, 0.3) is 0 Å². The van der Waals surface area contributed by atoms with Gasteiger partial charge in [-0.1, -0.05) is 40.2 Å². The molecule has 0 saturated carbocycles. The van der Waals surface area contributed by atoms with E-state index in [1.165, 1.54) is 0 Å². The highest BCUT2D eigenvalue weighted by Crippen LogP contribution is 2.27. The molecule has 0 bridgehead atoms. The molecule has 0 aliphatic heterocycles. The molecule has 0 fully saturated rings. The molecular weight excluding hydrogens is 278 g/mol. The Morgan fingerprint density at radius 3 is 2.65 bits per heavy atom. The Labute approximate surface area is 107 Å². The normalized spacial score (nSPS) is 10.9. The van der Waals surface area contributed by atoms with Crippen LogP contribution in [-0.4, -0.2) is 9.38 Å². The van der Waals surface area contributed by atoms with Crippen molar-refractivity contribution in [2.24, 2.45) is 0 Å². The molecule has 0 spiro atoms. The molecule has 0 unspecified atom stereocenters. The van der Waals surface area contributed by atoms with Gasteiger partial charge >= 0.3 is 0 Å². The first-order chi connectivity index (χ1) is 8.25. The van der Waals surface area contributed by atoms with Crippen molar-refractivity contribution in [2.45, 2.75) is 0 Å². The van der Waals surface area contributed by atoms with Crippen LogP contribution in [0.25, 0.3) is 16.9 Å². The van der Waals surface area contributed by atoms with Gasteiger partial charge in [0.2, 0.25) is 0 Å². The first-order valence-electron chi connectivity index (χ1n) is 5.24. The molecule has 0 atom stereocenters. The van der Waals surface area contributed by atoms with Crippen LogP contribution in [0.15, 0.2) is 53.1 Å². The van der Waals surface area contributed by atoms with Gasteiger partial charge in [-0.3, -0.25) is 4.40 Å². The van der Waals surface area contributed by atoms with E-state index in [0.717, 1.165) is 21.4 Å². The fraction of sp³-hybridized carbons (Fsp3) is 0. The molecular formula is C13H10BrN3. The predicted molar refractivity (Wildman–Crippen MR) is 72.7 cm³/mol. The Kier molecular flexibility index (Phi) is 2.37. The Morgan fingerprint density at radius 2 is 1.88 bits per heavy atom. The van der Waals surface area contributed by atoms with Crippen LogP contribution in [0.2, 0.25) is 0 Å². The van der Waals surface area contributed by atoms with Crippen molar-refractivity contribution < 1.29 is 0 Å². The smallest absolute Gasteiger partial charge is 0.139 e. The maximum absolute atomic E-state index is 5.90. The van der Waals surface area contributed by atoms with Crippen molar-refractivity contribution in [3.05, 3.63) is 53.1 Å². The van der Waals surface area contributed by atoms with E-state index >= 15 is 0 Å². The summed E-state index contributed by atoms with van der Waals surface area (Å²) in [5.74, 6) is 0.688. The number of nitrogens with two attached hydrogens (primary N) is 1. The number of rotatable bonds is 1. The summed E-state index contributed by atoms with van der Waals surface area (Å²) < 4.78 is 2.91. The number of nitrogen functional groups attached to an aromatic ring is 1. The SMILES string of the molecule is Nc1cccc2nc(-c3ccccc3Br)cn12. The maximum atomic E-state index is 5.90. The number of fused-ring (bicyclic) bond motifs is 1. The largest absolute Gasteiger partial charge is 0.385 e. The first-order valence-corrected chi connectivity index (χ1v) is 6.03. The highest BCUT2D eigenvalue weighted by Gasteiger charge is 2.07. The molecule has 0 saturated heterocycles. The predicted octanol–water partition coefficient (Wildman–Crippen LogP) is 3.35. The monoisotopic (exact) mass is 287 g/mol. The molecule has 3 rings (SSSR count). The fourth-order valence-electron chi connectivity index (χ4n) is 1.83. The number of imidazole rings is 1. The van der Waals surface area contributed by atoms with Crippen molar-refractivity contribution in [1.29, 1.82) is 0 Å². The first kappa shape index (κ1) is 10.4. The molecule has 0 amide bonds. The maximum Gasteiger partial charge on any atom is 0.139 e. The summed E-state index contributed by atoms with van der Waals surface area (Å²) in [6.07, 6.45) is 1.95. The third kappa shape index (κ3) is 1.70. The van der Waals surface area contributed by atoms with E-state index in [9.17, 15) is 0 Å². The Hall–Kier alpha value is -1.81. The second kappa shape index (κ2) is 3.89. The van der Waals surface area contributed by atoms with Crippen LogP contribution >= 0.6 is 15.9 Å². The molecule has 84 valence electrons. The van der Waals surface area contributed by atoms with E-state index in [2.05, 4.69) is 20.9 Å². The fourth-order valence-corrected chi connectivity index (χ4v) is 2.32. The van der Waals surface area contributed by atoms with E-state index in [1.807, 2.05) is 53.1 Å². The van der Waals surface area contributed by atoms with E-state index in [-0.39, 0.29) is 0 Å². The number of benzene rings is 1. The van der Waals surface area contributed by atoms with Gasteiger partial charge < -0.3 is 5.73 Å². The molecule has 17 heavy (non-hydrogen) atoms. The second-order valence-corrected chi connectivity index (χ2v) is 4.64. The molecule has 2 N–H and O–H groups in total. The number of halogens is 1. The zero-order valence-electron chi connectivity index (χ0n) is 8.97. The third-order valence-corrected chi connectivity index (χ3v) is 3.36. The van der Waals surface area contributed by atoms with Gasteiger partial charge in [0.05, 0.1) is 5.69 Å². The lowest BCUT2D eigenvalue weighted by atomic mass is 10.2. The van der Waals surface area contributed by atoms with Gasteiger partial charge in [-0.25, -0.2) is 4.98 Å². The third-order valence-electron chi connectivity index (χ3n) is 2.67. The summed E-state index contributed by atoms with van der Waals surface area (Å²) in [7, 11) is 0. The highest BCUT2D eigenvalue weighted by molar-refractivity contribution is 9.10. The minimum atomic E-state index is 0.688. The van der Waals surface area contributed by atoms with E-state index in [0.29, 0.717) is 5.82 Å². The molecule has 1 aromatic carbocycles. The molecule has 2 aromatic heterocycles. The number of nitrogens with zero attached hydrogens (tertiary/aromatic N) is 2. The van der Waals surface area contributed by atoms with Crippen LogP contribution in [0.1, 0.15) is 0 Å². The number of pyridine rings is 1. The van der Waals surface area contributed by atoms with Crippen LogP contribution in [0.4, 0.5) is 5.82 Å². The summed E-state index contributed by atoms with van der Waals surface area (Å²) >= 11 is 3.53. The molecule has 2 heterocycles. The summed E-state index contributed by atoms with van der Waals surface area (Å²) in [6, 6.07) is 13.7. The van der Waals surface area contributed by atoms with Crippen LogP contribution in [0.3, 0.4) is 0 Å². The van der Waals surface area contributed by atoms with E-state index in [1.54, 1.807) is 0 Å². The Morgan fingerprint density at radius 1 is 1.06 bits per heavy atom. The zero-order valence-corrected chi connectivity index (χ0v) is 10.6. The molecule has 4 heteroatoms. The zero-order chi connectivity index (χ0) is 11.8. The number of hydrogen-bond acceptors (Lipinski definition) is 2. The summed E-state index contributed by atoms with van der Waals surface area (Å²) in [5.41, 5.74) is 8.73. The average Bonchev–Trinajstić information content (AvgIpc) is 2.75. The van der Waals surface area contributed by atoms with Crippen LogP contribution in [-0.2, 0) is 0 Å². The van der Waals surface area contributed by atoms with Gasteiger partial charge in [-0.05, 0) is 18.2 Å². The van der Waals surface area contributed by atoms with Gasteiger partial charge in [-0.15, -0.1) is 0 Å². The standard InChI is InChI=1S/C13H10BrN3/c14-10-5-2-1-4-9(10)11-8-17-12(15)6-3-7-13(17)16-11/h1-8H,15H2. The highest BCUT2D eigenvalue weighted by atomic mass is 79.9. The second-order valence-electron chi connectivity index (χ2n) is 3.78. The molecule has 0 aliphatic rings. The van der Waals surface area contributed by atoms with Crippen molar-refractivity contribution in [2.75, 3.05) is 5.73 Å². The van der Waals surface area contributed by atoms with Crippen LogP contribution < -0.4 is 5.73 Å². The van der Waals surface area contributed by atoms with Gasteiger partial charge in [0.15, 0.2) is 0 Å². The average molecular weight is 288 g/mol. The molecule has 0 radical (unpaired) electrons. The van der Waals surface area contributed by atoms with E-state index in [4.69, 9.17) is 5.73 Å². The number of hydrogen-bond donors (Lipinski definition) is 1. The lowest BCUT2D eigenvalue weighted by Gasteiger charge is -1.98.